The van der Waals surface area contributed by atoms with Crippen molar-refractivity contribution in [1.29, 1.82) is 0 Å². The highest BCUT2D eigenvalue weighted by molar-refractivity contribution is 5.63. The van der Waals surface area contributed by atoms with E-state index in [-0.39, 0.29) is 0 Å². The molecule has 11 heavy (non-hydrogen) atoms. The molecule has 0 saturated carbocycles. The van der Waals surface area contributed by atoms with Gasteiger partial charge in [-0.15, -0.1) is 0 Å². The molecule has 0 aliphatic rings. The average molecular weight is 155 g/mol. The summed E-state index contributed by atoms with van der Waals surface area (Å²) in [6.45, 7) is 0. The summed E-state index contributed by atoms with van der Waals surface area (Å²) in [4.78, 5) is 9.26. The van der Waals surface area contributed by atoms with Crippen LogP contribution in [0.5, 0.6) is 0 Å². The van der Waals surface area contributed by atoms with Crippen LogP contribution in [0, 0.1) is 0 Å². The van der Waals surface area contributed by atoms with Gasteiger partial charge in [-0.3, -0.25) is 0 Å². The normalized spacial score (nSPS) is 7.36. The summed E-state index contributed by atoms with van der Waals surface area (Å²) >= 11 is 0. The second-order valence-corrected chi connectivity index (χ2v) is 1.47. The monoisotopic (exact) mass is 155 g/mol. The van der Waals surface area contributed by atoms with Gasteiger partial charge < -0.3 is 10.4 Å². The van der Waals surface area contributed by atoms with Gasteiger partial charge in [0.25, 0.3) is 0 Å². The second-order valence-electron chi connectivity index (χ2n) is 1.47. The van der Waals surface area contributed by atoms with Crippen LogP contribution in [-0.2, 0) is 0 Å². The van der Waals surface area contributed by atoms with Crippen molar-refractivity contribution in [2.75, 3.05) is 7.05 Å². The van der Waals surface area contributed by atoms with Gasteiger partial charge in [-0.1, -0.05) is 0 Å². The maximum atomic E-state index is 9.26. The molecule has 0 spiro atoms. The van der Waals surface area contributed by atoms with Crippen LogP contribution in [-0.4, -0.2) is 28.4 Å². The summed E-state index contributed by atoms with van der Waals surface area (Å²) < 4.78 is 0. The van der Waals surface area contributed by atoms with Crippen LogP contribution in [0.25, 0.3) is 0 Å². The van der Waals surface area contributed by atoms with Crippen LogP contribution >= 0.6 is 0 Å². The molecule has 60 valence electrons. The van der Waals surface area contributed by atoms with E-state index >= 15 is 0 Å². The van der Waals surface area contributed by atoms with Crippen molar-refractivity contribution in [2.24, 2.45) is 0 Å². The lowest BCUT2D eigenvalue weighted by Crippen LogP contribution is -2.13. The number of carboxylic acid groups (broad SMARTS) is 1. The van der Waals surface area contributed by atoms with E-state index in [2.05, 4.69) is 10.2 Å². The number of carbonyl (C=O) groups is 1. The molecule has 1 heterocycles. The van der Waals surface area contributed by atoms with Gasteiger partial charge in [0, 0.05) is 19.4 Å². The first-order valence-electron chi connectivity index (χ1n) is 2.89. The summed E-state index contributed by atoms with van der Waals surface area (Å²) in [7, 11) is 1.35. The van der Waals surface area contributed by atoms with Gasteiger partial charge in [0.15, 0.2) is 0 Å². The number of aromatic nitrogens is 2. The minimum Gasteiger partial charge on any atom is -0.465 e. The van der Waals surface area contributed by atoms with Crippen LogP contribution in [0.2, 0.25) is 0 Å². The van der Waals surface area contributed by atoms with Crippen molar-refractivity contribution >= 4 is 6.09 Å². The van der Waals surface area contributed by atoms with Gasteiger partial charge in [-0.2, -0.15) is 10.2 Å². The fourth-order valence-corrected chi connectivity index (χ4v) is 0.253. The molecule has 0 aromatic carbocycles. The minimum atomic E-state index is -0.995. The number of amides is 1. The molecular formula is C6H9N3O2. The summed E-state index contributed by atoms with van der Waals surface area (Å²) in [5.74, 6) is 0. The molecule has 0 bridgehead atoms. The van der Waals surface area contributed by atoms with E-state index in [9.17, 15) is 4.79 Å². The molecule has 0 aliphatic carbocycles. The quantitative estimate of drug-likeness (QED) is 0.567. The van der Waals surface area contributed by atoms with Crippen molar-refractivity contribution < 1.29 is 9.90 Å². The van der Waals surface area contributed by atoms with Crippen molar-refractivity contribution in [3.05, 3.63) is 24.5 Å². The Hall–Kier alpha value is -1.65. The maximum absolute atomic E-state index is 9.26. The van der Waals surface area contributed by atoms with Crippen molar-refractivity contribution in [1.82, 2.24) is 15.5 Å². The van der Waals surface area contributed by atoms with Gasteiger partial charge in [0.2, 0.25) is 0 Å². The third-order valence-corrected chi connectivity index (χ3v) is 0.697. The number of rotatable bonds is 0. The summed E-state index contributed by atoms with van der Waals surface area (Å²) in [6.07, 6.45) is 2.28. The Bertz CT molecular complexity index is 164. The Morgan fingerprint density at radius 2 is 1.73 bits per heavy atom. The standard InChI is InChI=1S/C4H4N2.C2H5NO2/c1-2-4-6-5-3-1;1-3-2(4)5/h1-4H;3H,1H3,(H,4,5). The molecule has 1 rings (SSSR count). The van der Waals surface area contributed by atoms with Gasteiger partial charge in [0.1, 0.15) is 0 Å². The van der Waals surface area contributed by atoms with E-state index in [4.69, 9.17) is 5.11 Å². The second kappa shape index (κ2) is 6.47. The summed E-state index contributed by atoms with van der Waals surface area (Å²) in [6, 6.07) is 3.65. The van der Waals surface area contributed by atoms with E-state index < -0.39 is 6.09 Å². The van der Waals surface area contributed by atoms with Crippen LogP contribution in [0.4, 0.5) is 4.79 Å². The van der Waals surface area contributed by atoms with Crippen molar-refractivity contribution in [2.45, 2.75) is 0 Å². The van der Waals surface area contributed by atoms with Crippen LogP contribution in [0.15, 0.2) is 24.5 Å². The molecule has 5 nitrogen and oxygen atoms in total. The molecule has 0 saturated heterocycles. The maximum Gasteiger partial charge on any atom is 0.404 e. The number of nitrogens with one attached hydrogen (secondary N) is 1. The first-order chi connectivity index (χ1) is 5.27. The zero-order valence-corrected chi connectivity index (χ0v) is 6.06. The third-order valence-electron chi connectivity index (χ3n) is 0.697. The number of hydrogen-bond donors (Lipinski definition) is 2. The summed E-state index contributed by atoms with van der Waals surface area (Å²) in [5, 5.41) is 16.6. The fraction of sp³-hybridized carbons (Fsp3) is 0.167. The average Bonchev–Trinajstić information content (AvgIpc) is 2.09. The molecule has 1 aromatic heterocycles. The molecule has 0 atom stereocenters. The molecule has 0 aliphatic heterocycles. The van der Waals surface area contributed by atoms with E-state index in [1.807, 2.05) is 17.4 Å². The lowest BCUT2D eigenvalue weighted by Gasteiger charge is -1.78. The predicted octanol–water partition coefficient (Wildman–Crippen LogP) is 0.360. The van der Waals surface area contributed by atoms with Crippen LogP contribution < -0.4 is 5.32 Å². The van der Waals surface area contributed by atoms with Crippen molar-refractivity contribution in [3.63, 3.8) is 0 Å². The lowest BCUT2D eigenvalue weighted by atomic mass is 10.6. The summed E-state index contributed by atoms with van der Waals surface area (Å²) in [5.41, 5.74) is 0. The largest absolute Gasteiger partial charge is 0.465 e. The highest BCUT2D eigenvalue weighted by atomic mass is 16.4. The molecule has 2 N–H and O–H groups in total. The van der Waals surface area contributed by atoms with Gasteiger partial charge in [-0.25, -0.2) is 4.79 Å². The Balaban J connectivity index is 0.000000187. The van der Waals surface area contributed by atoms with E-state index in [0.717, 1.165) is 0 Å². The third kappa shape index (κ3) is 8.35. The zero-order valence-electron chi connectivity index (χ0n) is 6.06. The number of nitrogens with zero attached hydrogens (tertiary/aromatic N) is 2. The highest BCUT2D eigenvalue weighted by Gasteiger charge is 1.76. The Kier molecular flexibility index (Phi) is 5.50. The van der Waals surface area contributed by atoms with Gasteiger partial charge >= 0.3 is 6.09 Å². The first-order valence-corrected chi connectivity index (χ1v) is 2.89. The minimum absolute atomic E-state index is 0.995. The van der Waals surface area contributed by atoms with E-state index in [0.29, 0.717) is 0 Å². The van der Waals surface area contributed by atoms with E-state index in [1.54, 1.807) is 12.4 Å². The molecule has 1 aromatic rings. The van der Waals surface area contributed by atoms with Crippen molar-refractivity contribution in [3.8, 4) is 0 Å². The predicted molar refractivity (Wildman–Crippen MR) is 39.1 cm³/mol. The Labute approximate surface area is 64.1 Å². The molecule has 0 unspecified atom stereocenters. The molecular weight excluding hydrogens is 146 g/mol. The van der Waals surface area contributed by atoms with Gasteiger partial charge in [-0.05, 0) is 12.1 Å². The molecule has 1 amide bonds. The first kappa shape index (κ1) is 9.35. The highest BCUT2D eigenvalue weighted by Crippen LogP contribution is 1.68. The fourth-order valence-electron chi connectivity index (χ4n) is 0.253. The molecule has 0 radical (unpaired) electrons. The lowest BCUT2D eigenvalue weighted by molar-refractivity contribution is 0.197. The topological polar surface area (TPSA) is 75.1 Å². The number of hydrogen-bond acceptors (Lipinski definition) is 3. The molecule has 0 fully saturated rings. The van der Waals surface area contributed by atoms with Crippen LogP contribution in [0.3, 0.4) is 0 Å². The van der Waals surface area contributed by atoms with Crippen LogP contribution in [0.1, 0.15) is 0 Å². The van der Waals surface area contributed by atoms with E-state index in [1.165, 1.54) is 7.05 Å². The Morgan fingerprint density at radius 1 is 1.36 bits per heavy atom. The molecule has 5 heteroatoms. The zero-order chi connectivity index (χ0) is 8.53. The van der Waals surface area contributed by atoms with Gasteiger partial charge in [0.05, 0.1) is 0 Å². The smallest absolute Gasteiger partial charge is 0.404 e. The Morgan fingerprint density at radius 3 is 1.82 bits per heavy atom. The SMILES string of the molecule is CNC(=O)O.c1ccnnc1.